The van der Waals surface area contributed by atoms with Gasteiger partial charge in [0.25, 0.3) is 0 Å². The molecular formula is C13H18N4. The molecule has 2 aliphatic heterocycles. The standard InChI is InChI=1S/C13H18N4/c14-17-6-8-3-9(7-17)11-5-13-12(4-10(8)11)15-1-2-16-13/h4-5,8-9,15-16H,1-3,6-7,14H2. The number of nitrogens with zero attached hydrogens (tertiary/aromatic N) is 1. The molecule has 0 amide bonds. The Morgan fingerprint density at radius 2 is 1.53 bits per heavy atom. The van der Waals surface area contributed by atoms with Crippen molar-refractivity contribution in [3.8, 4) is 0 Å². The van der Waals surface area contributed by atoms with Crippen molar-refractivity contribution in [2.75, 3.05) is 36.8 Å². The van der Waals surface area contributed by atoms with E-state index in [1.807, 2.05) is 5.01 Å². The maximum Gasteiger partial charge on any atom is 0.0579 e. The molecule has 0 radical (unpaired) electrons. The third kappa shape index (κ3) is 1.37. The van der Waals surface area contributed by atoms with Gasteiger partial charge < -0.3 is 10.6 Å². The molecule has 1 saturated heterocycles. The summed E-state index contributed by atoms with van der Waals surface area (Å²) in [6.07, 6.45) is 1.28. The monoisotopic (exact) mass is 230 g/mol. The Kier molecular flexibility index (Phi) is 1.93. The molecule has 4 heteroatoms. The Bertz CT molecular complexity index is 430. The van der Waals surface area contributed by atoms with Crippen LogP contribution >= 0.6 is 0 Å². The first-order valence-electron chi connectivity index (χ1n) is 6.46. The topological polar surface area (TPSA) is 53.3 Å². The Hall–Kier alpha value is -1.26. The average molecular weight is 230 g/mol. The summed E-state index contributed by atoms with van der Waals surface area (Å²) in [5.41, 5.74) is 5.59. The minimum absolute atomic E-state index is 0.641. The molecular weight excluding hydrogens is 212 g/mol. The molecule has 2 atom stereocenters. The number of hydrazine groups is 1. The molecule has 2 bridgehead atoms. The van der Waals surface area contributed by atoms with Crippen molar-refractivity contribution in [1.29, 1.82) is 0 Å². The number of benzene rings is 1. The van der Waals surface area contributed by atoms with Crippen molar-refractivity contribution < 1.29 is 0 Å². The molecule has 1 aromatic rings. The van der Waals surface area contributed by atoms with Crippen LogP contribution in [0.1, 0.15) is 29.4 Å². The molecule has 1 fully saturated rings. The van der Waals surface area contributed by atoms with Gasteiger partial charge in [-0.3, -0.25) is 5.84 Å². The Balaban J connectivity index is 1.83. The molecule has 4 nitrogen and oxygen atoms in total. The lowest BCUT2D eigenvalue weighted by Gasteiger charge is -2.27. The van der Waals surface area contributed by atoms with E-state index in [0.29, 0.717) is 11.8 Å². The first kappa shape index (κ1) is 9.74. The van der Waals surface area contributed by atoms with Gasteiger partial charge in [-0.05, 0) is 41.5 Å². The van der Waals surface area contributed by atoms with E-state index in [2.05, 4.69) is 22.8 Å². The second-order valence-electron chi connectivity index (χ2n) is 5.46. The number of rotatable bonds is 0. The number of piperidine rings is 1. The van der Waals surface area contributed by atoms with E-state index < -0.39 is 0 Å². The molecule has 17 heavy (non-hydrogen) atoms. The van der Waals surface area contributed by atoms with Crippen LogP contribution in [0.4, 0.5) is 11.4 Å². The minimum atomic E-state index is 0.641. The van der Waals surface area contributed by atoms with Crippen molar-refractivity contribution >= 4 is 11.4 Å². The summed E-state index contributed by atoms with van der Waals surface area (Å²) in [5.74, 6) is 7.27. The molecule has 3 aliphatic rings. The summed E-state index contributed by atoms with van der Waals surface area (Å²) in [6.45, 7) is 4.05. The molecule has 0 spiro atoms. The van der Waals surface area contributed by atoms with Gasteiger partial charge in [-0.15, -0.1) is 0 Å². The van der Waals surface area contributed by atoms with Crippen LogP contribution in [0.15, 0.2) is 12.1 Å². The van der Waals surface area contributed by atoms with E-state index in [1.54, 1.807) is 0 Å². The van der Waals surface area contributed by atoms with E-state index in [4.69, 9.17) is 5.84 Å². The van der Waals surface area contributed by atoms with E-state index in [9.17, 15) is 0 Å². The van der Waals surface area contributed by atoms with Crippen LogP contribution < -0.4 is 16.5 Å². The molecule has 4 N–H and O–H groups in total. The molecule has 1 aromatic carbocycles. The van der Waals surface area contributed by atoms with Crippen molar-refractivity contribution in [3.63, 3.8) is 0 Å². The van der Waals surface area contributed by atoms with Gasteiger partial charge in [0.15, 0.2) is 0 Å². The Morgan fingerprint density at radius 1 is 1.00 bits per heavy atom. The summed E-state index contributed by atoms with van der Waals surface area (Å²) in [6, 6.07) is 4.70. The van der Waals surface area contributed by atoms with E-state index in [-0.39, 0.29) is 0 Å². The fourth-order valence-corrected chi connectivity index (χ4v) is 3.61. The fraction of sp³-hybridized carbons (Fsp3) is 0.538. The molecule has 4 rings (SSSR count). The van der Waals surface area contributed by atoms with Crippen LogP contribution in [-0.4, -0.2) is 31.2 Å². The maximum atomic E-state index is 5.99. The fourth-order valence-electron chi connectivity index (χ4n) is 3.61. The second-order valence-corrected chi connectivity index (χ2v) is 5.46. The zero-order valence-electron chi connectivity index (χ0n) is 9.87. The summed E-state index contributed by atoms with van der Waals surface area (Å²) in [4.78, 5) is 0. The van der Waals surface area contributed by atoms with Crippen LogP contribution in [0.2, 0.25) is 0 Å². The van der Waals surface area contributed by atoms with E-state index in [1.165, 1.54) is 28.9 Å². The summed E-state index contributed by atoms with van der Waals surface area (Å²) in [5, 5.41) is 8.94. The normalized spacial score (nSPS) is 30.2. The van der Waals surface area contributed by atoms with Gasteiger partial charge in [-0.1, -0.05) is 0 Å². The molecule has 2 heterocycles. The lowest BCUT2D eigenvalue weighted by Crippen LogP contribution is -2.40. The molecule has 0 saturated carbocycles. The second kappa shape index (κ2) is 3.37. The van der Waals surface area contributed by atoms with Crippen molar-refractivity contribution in [1.82, 2.24) is 5.01 Å². The highest BCUT2D eigenvalue weighted by molar-refractivity contribution is 5.74. The molecule has 90 valence electrons. The van der Waals surface area contributed by atoms with Crippen molar-refractivity contribution in [2.45, 2.75) is 18.3 Å². The predicted molar refractivity (Wildman–Crippen MR) is 69.3 cm³/mol. The van der Waals surface area contributed by atoms with Crippen LogP contribution in [0.5, 0.6) is 0 Å². The first-order valence-corrected chi connectivity index (χ1v) is 6.46. The third-order valence-corrected chi connectivity index (χ3v) is 4.34. The van der Waals surface area contributed by atoms with E-state index in [0.717, 1.165) is 26.2 Å². The van der Waals surface area contributed by atoms with Crippen molar-refractivity contribution in [3.05, 3.63) is 23.3 Å². The average Bonchev–Trinajstić information content (AvgIpc) is 2.59. The first-order chi connectivity index (χ1) is 8.31. The van der Waals surface area contributed by atoms with Gasteiger partial charge in [-0.25, -0.2) is 5.01 Å². The highest BCUT2D eigenvalue weighted by atomic mass is 15.4. The maximum absolute atomic E-state index is 5.99. The van der Waals surface area contributed by atoms with E-state index >= 15 is 0 Å². The largest absolute Gasteiger partial charge is 0.382 e. The third-order valence-electron chi connectivity index (χ3n) is 4.34. The minimum Gasteiger partial charge on any atom is -0.382 e. The quantitative estimate of drug-likeness (QED) is 0.588. The number of nitrogens with two attached hydrogens (primary N) is 1. The summed E-state index contributed by atoms with van der Waals surface area (Å²) >= 11 is 0. The molecule has 1 aliphatic carbocycles. The van der Waals surface area contributed by atoms with Crippen LogP contribution in [0.3, 0.4) is 0 Å². The van der Waals surface area contributed by atoms with Crippen LogP contribution in [0.25, 0.3) is 0 Å². The number of fused-ring (bicyclic) bond motifs is 6. The van der Waals surface area contributed by atoms with Gasteiger partial charge in [0, 0.05) is 26.2 Å². The molecule has 2 unspecified atom stereocenters. The Morgan fingerprint density at radius 3 is 2.06 bits per heavy atom. The van der Waals surface area contributed by atoms with Crippen LogP contribution in [0, 0.1) is 0 Å². The van der Waals surface area contributed by atoms with Gasteiger partial charge in [0.05, 0.1) is 11.4 Å². The van der Waals surface area contributed by atoms with Crippen LogP contribution in [-0.2, 0) is 0 Å². The zero-order chi connectivity index (χ0) is 11.4. The van der Waals surface area contributed by atoms with Crippen molar-refractivity contribution in [2.24, 2.45) is 5.84 Å². The molecule has 0 aromatic heterocycles. The zero-order valence-corrected chi connectivity index (χ0v) is 9.87. The smallest absolute Gasteiger partial charge is 0.0579 e. The lowest BCUT2D eigenvalue weighted by atomic mass is 9.97. The lowest BCUT2D eigenvalue weighted by molar-refractivity contribution is 0.208. The predicted octanol–water partition coefficient (Wildman–Crippen LogP) is 1.28. The number of nitrogens with one attached hydrogen (secondary N) is 2. The van der Waals surface area contributed by atoms with Gasteiger partial charge in [-0.2, -0.15) is 0 Å². The highest BCUT2D eigenvalue weighted by Gasteiger charge is 2.37. The van der Waals surface area contributed by atoms with Gasteiger partial charge in [0.2, 0.25) is 0 Å². The number of anilines is 2. The number of hydrogen-bond donors (Lipinski definition) is 3. The summed E-state index contributed by atoms with van der Waals surface area (Å²) in [7, 11) is 0. The number of hydrogen-bond acceptors (Lipinski definition) is 4. The van der Waals surface area contributed by atoms with Gasteiger partial charge >= 0.3 is 0 Å². The van der Waals surface area contributed by atoms with Gasteiger partial charge in [0.1, 0.15) is 0 Å². The summed E-state index contributed by atoms with van der Waals surface area (Å²) < 4.78 is 0. The SMILES string of the molecule is NN1CC2CC(C1)c1cc3c(cc12)NCCN3. The Labute approximate surface area is 101 Å². The highest BCUT2D eigenvalue weighted by Crippen LogP contribution is 2.48.